The fraction of sp³-hybridized carbons (Fsp3) is 0.562. The summed E-state index contributed by atoms with van der Waals surface area (Å²) in [5.41, 5.74) is 11.4. The van der Waals surface area contributed by atoms with E-state index in [4.69, 9.17) is 20.9 Å². The Balaban J connectivity index is 1.50. The van der Waals surface area contributed by atoms with Crippen molar-refractivity contribution in [3.63, 3.8) is 0 Å². The SMILES string of the molecule is NC(=O)[C@@H]1CN(CCC2COc3ccccc3O2)CC[C@H]1N. The van der Waals surface area contributed by atoms with Crippen molar-refractivity contribution in [1.82, 2.24) is 4.90 Å². The molecule has 1 amide bonds. The molecule has 2 heterocycles. The first-order chi connectivity index (χ1) is 10.6. The van der Waals surface area contributed by atoms with Crippen molar-refractivity contribution in [2.45, 2.75) is 25.0 Å². The van der Waals surface area contributed by atoms with Crippen LogP contribution in [0.5, 0.6) is 11.5 Å². The number of hydrogen-bond donors (Lipinski definition) is 2. The minimum atomic E-state index is -0.302. The summed E-state index contributed by atoms with van der Waals surface area (Å²) in [6, 6.07) is 7.59. The summed E-state index contributed by atoms with van der Waals surface area (Å²) >= 11 is 0. The molecule has 0 aromatic heterocycles. The topological polar surface area (TPSA) is 90.8 Å². The molecule has 120 valence electrons. The molecule has 0 radical (unpaired) electrons. The van der Waals surface area contributed by atoms with Gasteiger partial charge >= 0.3 is 0 Å². The summed E-state index contributed by atoms with van der Waals surface area (Å²) < 4.78 is 11.7. The summed E-state index contributed by atoms with van der Waals surface area (Å²) in [6.45, 7) is 2.95. The van der Waals surface area contributed by atoms with Crippen molar-refractivity contribution in [3.8, 4) is 11.5 Å². The van der Waals surface area contributed by atoms with Gasteiger partial charge in [0.15, 0.2) is 11.5 Å². The summed E-state index contributed by atoms with van der Waals surface area (Å²) in [6.07, 6.45) is 1.70. The molecule has 2 aliphatic rings. The lowest BCUT2D eigenvalue weighted by Gasteiger charge is -2.36. The third kappa shape index (κ3) is 3.34. The van der Waals surface area contributed by atoms with Crippen LogP contribution in [0.15, 0.2) is 24.3 Å². The van der Waals surface area contributed by atoms with Gasteiger partial charge in [0.25, 0.3) is 0 Å². The molecule has 0 spiro atoms. The maximum absolute atomic E-state index is 11.4. The first kappa shape index (κ1) is 15.1. The molecule has 6 nitrogen and oxygen atoms in total. The zero-order valence-corrected chi connectivity index (χ0v) is 12.6. The molecule has 3 atom stereocenters. The first-order valence-electron chi connectivity index (χ1n) is 7.79. The van der Waals surface area contributed by atoms with Gasteiger partial charge in [0.2, 0.25) is 5.91 Å². The van der Waals surface area contributed by atoms with E-state index in [2.05, 4.69) is 4.90 Å². The van der Waals surface area contributed by atoms with E-state index in [0.717, 1.165) is 37.4 Å². The summed E-state index contributed by atoms with van der Waals surface area (Å²) in [5, 5.41) is 0. The summed E-state index contributed by atoms with van der Waals surface area (Å²) in [7, 11) is 0. The van der Waals surface area contributed by atoms with Crippen LogP contribution >= 0.6 is 0 Å². The zero-order chi connectivity index (χ0) is 15.5. The van der Waals surface area contributed by atoms with Gasteiger partial charge in [-0.1, -0.05) is 12.1 Å². The summed E-state index contributed by atoms with van der Waals surface area (Å²) in [4.78, 5) is 13.7. The Labute approximate surface area is 130 Å². The third-order valence-electron chi connectivity index (χ3n) is 4.45. The molecule has 6 heteroatoms. The predicted octanol–water partition coefficient (Wildman–Crippen LogP) is 0.351. The number of nitrogens with zero attached hydrogens (tertiary/aromatic N) is 1. The molecular weight excluding hydrogens is 282 g/mol. The number of primary amides is 1. The van der Waals surface area contributed by atoms with E-state index in [0.29, 0.717) is 13.2 Å². The molecule has 1 unspecified atom stereocenters. The maximum atomic E-state index is 11.4. The molecule has 1 aromatic rings. The van der Waals surface area contributed by atoms with Crippen LogP contribution in [0.3, 0.4) is 0 Å². The predicted molar refractivity (Wildman–Crippen MR) is 82.7 cm³/mol. The number of rotatable bonds is 4. The van der Waals surface area contributed by atoms with Crippen LogP contribution < -0.4 is 20.9 Å². The van der Waals surface area contributed by atoms with Crippen molar-refractivity contribution in [2.75, 3.05) is 26.2 Å². The Morgan fingerprint density at radius 1 is 1.32 bits per heavy atom. The van der Waals surface area contributed by atoms with E-state index in [9.17, 15) is 4.79 Å². The largest absolute Gasteiger partial charge is 0.486 e. The van der Waals surface area contributed by atoms with Crippen LogP contribution in [0.2, 0.25) is 0 Å². The lowest BCUT2D eigenvalue weighted by molar-refractivity contribution is -0.124. The Bertz CT molecular complexity index is 537. The first-order valence-corrected chi connectivity index (χ1v) is 7.79. The quantitative estimate of drug-likeness (QED) is 0.837. The van der Waals surface area contributed by atoms with Gasteiger partial charge in [0.1, 0.15) is 12.7 Å². The second kappa shape index (κ2) is 6.54. The number of carbonyl (C=O) groups excluding carboxylic acids is 1. The standard InChI is InChI=1S/C16H23N3O3/c17-13-6-8-19(9-12(13)16(18)20)7-5-11-10-21-14-3-1-2-4-15(14)22-11/h1-4,11-13H,5-10,17H2,(H2,18,20)/t11?,12-,13-/m1/s1. The van der Waals surface area contributed by atoms with Gasteiger partial charge in [-0.2, -0.15) is 0 Å². The highest BCUT2D eigenvalue weighted by Crippen LogP contribution is 2.31. The van der Waals surface area contributed by atoms with Crippen molar-refractivity contribution in [2.24, 2.45) is 17.4 Å². The van der Waals surface area contributed by atoms with E-state index in [1.54, 1.807) is 0 Å². The Morgan fingerprint density at radius 2 is 2.09 bits per heavy atom. The van der Waals surface area contributed by atoms with Gasteiger partial charge in [-0.3, -0.25) is 4.79 Å². The van der Waals surface area contributed by atoms with Crippen molar-refractivity contribution >= 4 is 5.91 Å². The smallest absolute Gasteiger partial charge is 0.223 e. The fourth-order valence-corrected chi connectivity index (χ4v) is 3.07. The maximum Gasteiger partial charge on any atom is 0.223 e. The van der Waals surface area contributed by atoms with Gasteiger partial charge in [-0.05, 0) is 25.1 Å². The van der Waals surface area contributed by atoms with E-state index in [1.807, 2.05) is 24.3 Å². The van der Waals surface area contributed by atoms with Crippen LogP contribution in [-0.2, 0) is 4.79 Å². The number of carbonyl (C=O) groups is 1. The highest BCUT2D eigenvalue weighted by molar-refractivity contribution is 5.77. The van der Waals surface area contributed by atoms with Crippen LogP contribution in [0.4, 0.5) is 0 Å². The lowest BCUT2D eigenvalue weighted by Crippen LogP contribution is -2.52. The van der Waals surface area contributed by atoms with Crippen molar-refractivity contribution in [3.05, 3.63) is 24.3 Å². The van der Waals surface area contributed by atoms with Crippen molar-refractivity contribution < 1.29 is 14.3 Å². The second-order valence-corrected chi connectivity index (χ2v) is 6.05. The molecule has 2 aliphatic heterocycles. The Kier molecular flexibility index (Phi) is 4.49. The molecule has 1 fully saturated rings. The number of hydrogen-bond acceptors (Lipinski definition) is 5. The molecule has 0 saturated carbocycles. The minimum absolute atomic E-state index is 0.0394. The Morgan fingerprint density at radius 3 is 2.86 bits per heavy atom. The molecule has 22 heavy (non-hydrogen) atoms. The molecule has 3 rings (SSSR count). The Hall–Kier alpha value is -1.79. The van der Waals surface area contributed by atoms with E-state index < -0.39 is 0 Å². The van der Waals surface area contributed by atoms with Crippen LogP contribution in [0.1, 0.15) is 12.8 Å². The number of ether oxygens (including phenoxy) is 2. The van der Waals surface area contributed by atoms with Crippen LogP contribution in [0.25, 0.3) is 0 Å². The van der Waals surface area contributed by atoms with Crippen LogP contribution in [0, 0.1) is 5.92 Å². The normalized spacial score (nSPS) is 28.3. The minimum Gasteiger partial charge on any atom is -0.486 e. The number of benzene rings is 1. The highest BCUT2D eigenvalue weighted by Gasteiger charge is 2.31. The number of para-hydroxylation sites is 2. The number of nitrogens with two attached hydrogens (primary N) is 2. The number of likely N-dealkylation sites (tertiary alicyclic amines) is 1. The second-order valence-electron chi connectivity index (χ2n) is 6.05. The average Bonchev–Trinajstić information content (AvgIpc) is 2.53. The van der Waals surface area contributed by atoms with E-state index >= 15 is 0 Å². The zero-order valence-electron chi connectivity index (χ0n) is 12.6. The number of fused-ring (bicyclic) bond motifs is 1. The van der Waals surface area contributed by atoms with Crippen molar-refractivity contribution in [1.29, 1.82) is 0 Å². The van der Waals surface area contributed by atoms with Gasteiger partial charge in [0.05, 0.1) is 5.92 Å². The average molecular weight is 305 g/mol. The molecule has 4 N–H and O–H groups in total. The molecular formula is C16H23N3O3. The molecule has 0 aliphatic carbocycles. The highest BCUT2D eigenvalue weighted by atomic mass is 16.6. The molecule has 1 aromatic carbocycles. The summed E-state index contributed by atoms with van der Waals surface area (Å²) in [5.74, 6) is 1.05. The van der Waals surface area contributed by atoms with Crippen LogP contribution in [-0.4, -0.2) is 49.2 Å². The fourth-order valence-electron chi connectivity index (χ4n) is 3.07. The van der Waals surface area contributed by atoms with Gasteiger partial charge < -0.3 is 25.8 Å². The monoisotopic (exact) mass is 305 g/mol. The van der Waals surface area contributed by atoms with E-state index in [1.165, 1.54) is 0 Å². The molecule has 1 saturated heterocycles. The van der Waals surface area contributed by atoms with Gasteiger partial charge in [0, 0.05) is 25.6 Å². The van der Waals surface area contributed by atoms with E-state index in [-0.39, 0.29) is 24.0 Å². The van der Waals surface area contributed by atoms with Gasteiger partial charge in [-0.15, -0.1) is 0 Å². The van der Waals surface area contributed by atoms with Gasteiger partial charge in [-0.25, -0.2) is 0 Å². The number of amides is 1. The third-order valence-corrected chi connectivity index (χ3v) is 4.45. The lowest BCUT2D eigenvalue weighted by atomic mass is 9.92. The molecule has 0 bridgehead atoms. The number of piperidine rings is 1.